The van der Waals surface area contributed by atoms with E-state index >= 15 is 0 Å². The van der Waals surface area contributed by atoms with Crippen LogP contribution in [0.1, 0.15) is 36.8 Å². The van der Waals surface area contributed by atoms with Crippen molar-refractivity contribution in [2.24, 2.45) is 11.3 Å². The van der Waals surface area contributed by atoms with Gasteiger partial charge in [-0.3, -0.25) is 9.59 Å². The van der Waals surface area contributed by atoms with Crippen molar-refractivity contribution in [2.45, 2.75) is 31.7 Å². The molecule has 5 rings (SSSR count). The van der Waals surface area contributed by atoms with Crippen LogP contribution in [-0.2, 0) is 14.3 Å². The maximum atomic E-state index is 12.8. The number of ether oxygens (including phenoxy) is 1. The highest BCUT2D eigenvalue weighted by atomic mass is 16.5. The topological polar surface area (TPSA) is 95.9 Å². The summed E-state index contributed by atoms with van der Waals surface area (Å²) in [6, 6.07) is 15.4. The van der Waals surface area contributed by atoms with Gasteiger partial charge in [-0.25, -0.2) is 4.79 Å². The van der Waals surface area contributed by atoms with Crippen molar-refractivity contribution in [1.29, 1.82) is 0 Å². The minimum atomic E-state index is -0.852. The Balaban J connectivity index is 1.20. The number of carboxylic acids is 1. The van der Waals surface area contributed by atoms with E-state index in [1.54, 1.807) is 11.8 Å². The predicted octanol–water partition coefficient (Wildman–Crippen LogP) is 3.24. The van der Waals surface area contributed by atoms with Crippen molar-refractivity contribution in [1.82, 2.24) is 10.2 Å². The molecule has 0 aromatic heterocycles. The first-order valence-electron chi connectivity index (χ1n) is 11.0. The van der Waals surface area contributed by atoms with Gasteiger partial charge in [0.25, 0.3) is 0 Å². The normalized spacial score (nSPS) is 21.0. The number of carbonyl (C=O) groups is 3. The standard InChI is InChI=1S/C25H26N2O5/c1-15(22(28)27-12-21(23(29)30)25(14-27)10-11-25)26-24(31)32-13-20-18-8-4-2-6-16(18)17-7-3-5-9-19(17)20/h2-9,15,20-21H,10-14H2,1H3,(H,26,31)(H,29,30). The number of hydrogen-bond donors (Lipinski definition) is 2. The lowest BCUT2D eigenvalue weighted by Crippen LogP contribution is -2.46. The molecule has 7 nitrogen and oxygen atoms in total. The SMILES string of the molecule is CC(NC(=O)OCC1c2ccccc2-c2ccccc21)C(=O)N1CC(C(=O)O)C2(CC2)C1. The summed E-state index contributed by atoms with van der Waals surface area (Å²) in [6.07, 6.45) is 1.02. The van der Waals surface area contributed by atoms with Gasteiger partial charge in [0.1, 0.15) is 12.6 Å². The van der Waals surface area contributed by atoms with Crippen LogP contribution < -0.4 is 5.32 Å². The number of aliphatic carboxylic acids is 1. The molecular formula is C25H26N2O5. The fourth-order valence-corrected chi connectivity index (χ4v) is 5.30. The largest absolute Gasteiger partial charge is 0.481 e. The number of alkyl carbamates (subject to hydrolysis) is 1. The number of amides is 2. The second-order valence-corrected chi connectivity index (χ2v) is 9.16. The summed E-state index contributed by atoms with van der Waals surface area (Å²) < 4.78 is 5.52. The van der Waals surface area contributed by atoms with E-state index in [0.29, 0.717) is 6.54 Å². The molecule has 2 amide bonds. The highest BCUT2D eigenvalue weighted by Crippen LogP contribution is 2.56. The summed E-state index contributed by atoms with van der Waals surface area (Å²) in [7, 11) is 0. The summed E-state index contributed by atoms with van der Waals surface area (Å²) in [6.45, 7) is 2.43. The van der Waals surface area contributed by atoms with E-state index in [2.05, 4.69) is 17.4 Å². The Morgan fingerprint density at radius 2 is 1.69 bits per heavy atom. The van der Waals surface area contributed by atoms with Crippen LogP contribution in [0.2, 0.25) is 0 Å². The molecule has 2 aliphatic carbocycles. The van der Waals surface area contributed by atoms with E-state index in [4.69, 9.17) is 4.74 Å². The number of likely N-dealkylation sites (tertiary alicyclic amines) is 1. The first kappa shape index (κ1) is 20.5. The minimum Gasteiger partial charge on any atom is -0.481 e. The van der Waals surface area contributed by atoms with Crippen molar-refractivity contribution in [3.63, 3.8) is 0 Å². The summed E-state index contributed by atoms with van der Waals surface area (Å²) in [5, 5.41) is 12.1. The molecule has 1 saturated carbocycles. The van der Waals surface area contributed by atoms with Crippen molar-refractivity contribution < 1.29 is 24.2 Å². The second-order valence-electron chi connectivity index (χ2n) is 9.16. The molecule has 1 saturated heterocycles. The van der Waals surface area contributed by atoms with Crippen molar-refractivity contribution in [2.75, 3.05) is 19.7 Å². The third kappa shape index (κ3) is 3.42. The van der Waals surface area contributed by atoms with Gasteiger partial charge in [-0.15, -0.1) is 0 Å². The quantitative estimate of drug-likeness (QED) is 0.753. The minimum absolute atomic E-state index is 0.0520. The van der Waals surface area contributed by atoms with Gasteiger partial charge >= 0.3 is 12.1 Å². The smallest absolute Gasteiger partial charge is 0.407 e. The molecule has 2 aromatic rings. The van der Waals surface area contributed by atoms with Gasteiger partial charge in [-0.05, 0) is 42.0 Å². The highest BCUT2D eigenvalue weighted by Gasteiger charge is 2.59. The fraction of sp³-hybridized carbons (Fsp3) is 0.400. The maximum absolute atomic E-state index is 12.8. The zero-order valence-electron chi connectivity index (χ0n) is 17.9. The predicted molar refractivity (Wildman–Crippen MR) is 117 cm³/mol. The zero-order valence-corrected chi connectivity index (χ0v) is 17.9. The molecule has 2 unspecified atom stereocenters. The van der Waals surface area contributed by atoms with Crippen LogP contribution in [-0.4, -0.2) is 53.7 Å². The van der Waals surface area contributed by atoms with E-state index in [1.165, 1.54) is 0 Å². The molecule has 0 radical (unpaired) electrons. The van der Waals surface area contributed by atoms with Gasteiger partial charge in [-0.2, -0.15) is 0 Å². The number of nitrogens with zero attached hydrogens (tertiary/aromatic N) is 1. The fourth-order valence-electron chi connectivity index (χ4n) is 5.30. The molecule has 1 spiro atoms. The molecule has 7 heteroatoms. The van der Waals surface area contributed by atoms with Gasteiger partial charge < -0.3 is 20.1 Å². The molecule has 1 aliphatic heterocycles. The van der Waals surface area contributed by atoms with Crippen molar-refractivity contribution >= 4 is 18.0 Å². The molecule has 2 N–H and O–H groups in total. The van der Waals surface area contributed by atoms with Crippen LogP contribution in [0.25, 0.3) is 11.1 Å². The Bertz CT molecular complexity index is 1050. The van der Waals surface area contributed by atoms with Crippen LogP contribution in [0.4, 0.5) is 4.79 Å². The lowest BCUT2D eigenvalue weighted by atomic mass is 9.93. The average molecular weight is 434 g/mol. The molecule has 0 bridgehead atoms. The van der Waals surface area contributed by atoms with Crippen LogP contribution in [0.3, 0.4) is 0 Å². The first-order valence-corrected chi connectivity index (χ1v) is 11.0. The van der Waals surface area contributed by atoms with Gasteiger partial charge in [0.2, 0.25) is 5.91 Å². The number of benzene rings is 2. The molecule has 2 fully saturated rings. The van der Waals surface area contributed by atoms with Crippen LogP contribution in [0.5, 0.6) is 0 Å². The number of hydrogen-bond acceptors (Lipinski definition) is 4. The Kier molecular flexibility index (Phi) is 4.92. The first-order chi connectivity index (χ1) is 15.4. The van der Waals surface area contributed by atoms with E-state index in [-0.39, 0.29) is 30.4 Å². The number of carbonyl (C=O) groups excluding carboxylic acids is 2. The third-order valence-corrected chi connectivity index (χ3v) is 7.20. The number of nitrogens with one attached hydrogen (secondary N) is 1. The molecule has 166 valence electrons. The summed E-state index contributed by atoms with van der Waals surface area (Å²) in [5.74, 6) is -1.69. The lowest BCUT2D eigenvalue weighted by Gasteiger charge is -2.22. The Labute approximate surface area is 186 Å². The van der Waals surface area contributed by atoms with Gasteiger partial charge in [0, 0.05) is 24.4 Å². The van der Waals surface area contributed by atoms with Crippen LogP contribution in [0.15, 0.2) is 48.5 Å². The second kappa shape index (κ2) is 7.65. The average Bonchev–Trinajstić information content (AvgIpc) is 3.34. The van der Waals surface area contributed by atoms with E-state index in [0.717, 1.165) is 35.1 Å². The van der Waals surface area contributed by atoms with Crippen LogP contribution in [0, 0.1) is 11.3 Å². The van der Waals surface area contributed by atoms with E-state index in [9.17, 15) is 19.5 Å². The maximum Gasteiger partial charge on any atom is 0.407 e. The lowest BCUT2D eigenvalue weighted by molar-refractivity contribution is -0.143. The number of fused-ring (bicyclic) bond motifs is 3. The number of carboxylic acid groups (broad SMARTS) is 1. The molecular weight excluding hydrogens is 408 g/mol. The summed E-state index contributed by atoms with van der Waals surface area (Å²) >= 11 is 0. The zero-order chi connectivity index (χ0) is 22.5. The molecule has 1 heterocycles. The Morgan fingerprint density at radius 3 is 2.22 bits per heavy atom. The molecule has 2 aromatic carbocycles. The van der Waals surface area contributed by atoms with Crippen molar-refractivity contribution in [3.8, 4) is 11.1 Å². The third-order valence-electron chi connectivity index (χ3n) is 7.20. The van der Waals surface area contributed by atoms with Gasteiger partial charge in [-0.1, -0.05) is 48.5 Å². The molecule has 2 atom stereocenters. The number of rotatable bonds is 5. The Hall–Kier alpha value is -3.35. The van der Waals surface area contributed by atoms with Gasteiger partial charge in [0.15, 0.2) is 0 Å². The summed E-state index contributed by atoms with van der Waals surface area (Å²) in [5.41, 5.74) is 4.27. The van der Waals surface area contributed by atoms with Crippen LogP contribution >= 0.6 is 0 Å². The van der Waals surface area contributed by atoms with E-state index < -0.39 is 24.0 Å². The highest BCUT2D eigenvalue weighted by molar-refractivity contribution is 5.87. The van der Waals surface area contributed by atoms with Gasteiger partial charge in [0.05, 0.1) is 5.92 Å². The molecule has 32 heavy (non-hydrogen) atoms. The van der Waals surface area contributed by atoms with Crippen molar-refractivity contribution in [3.05, 3.63) is 59.7 Å². The monoisotopic (exact) mass is 434 g/mol. The Morgan fingerprint density at radius 1 is 1.09 bits per heavy atom. The summed E-state index contributed by atoms with van der Waals surface area (Å²) in [4.78, 5) is 38.4. The molecule has 3 aliphatic rings. The van der Waals surface area contributed by atoms with E-state index in [1.807, 2.05) is 36.4 Å².